The number of aliphatic hydroxyl groups excluding tert-OH is 1. The SMILES string of the molecule is O[C@H]1CCN[C@H]1c1ccc(Cl)cc1. The predicted molar refractivity (Wildman–Crippen MR) is 52.8 cm³/mol. The van der Waals surface area contributed by atoms with Crippen molar-refractivity contribution in [3.05, 3.63) is 34.9 Å². The lowest BCUT2D eigenvalue weighted by molar-refractivity contribution is 0.160. The van der Waals surface area contributed by atoms with Crippen molar-refractivity contribution in [2.75, 3.05) is 6.54 Å². The molecule has 3 heteroatoms. The summed E-state index contributed by atoms with van der Waals surface area (Å²) in [4.78, 5) is 0. The van der Waals surface area contributed by atoms with E-state index in [4.69, 9.17) is 11.6 Å². The molecule has 13 heavy (non-hydrogen) atoms. The van der Waals surface area contributed by atoms with Crippen molar-refractivity contribution in [2.24, 2.45) is 0 Å². The molecule has 1 aromatic rings. The van der Waals surface area contributed by atoms with Crippen molar-refractivity contribution in [2.45, 2.75) is 18.6 Å². The molecule has 1 heterocycles. The van der Waals surface area contributed by atoms with Gasteiger partial charge >= 0.3 is 0 Å². The first-order valence-corrected chi connectivity index (χ1v) is 4.82. The van der Waals surface area contributed by atoms with Gasteiger partial charge in [0.25, 0.3) is 0 Å². The van der Waals surface area contributed by atoms with E-state index >= 15 is 0 Å². The number of rotatable bonds is 1. The highest BCUT2D eigenvalue weighted by molar-refractivity contribution is 6.30. The quantitative estimate of drug-likeness (QED) is 0.719. The first kappa shape index (κ1) is 9.00. The van der Waals surface area contributed by atoms with Crippen LogP contribution in [0, 0.1) is 0 Å². The molecule has 2 rings (SSSR count). The maximum Gasteiger partial charge on any atom is 0.0747 e. The van der Waals surface area contributed by atoms with Crippen molar-refractivity contribution in [3.63, 3.8) is 0 Å². The van der Waals surface area contributed by atoms with Gasteiger partial charge in [-0.1, -0.05) is 23.7 Å². The Morgan fingerprint density at radius 2 is 2.00 bits per heavy atom. The minimum atomic E-state index is -0.263. The lowest BCUT2D eigenvalue weighted by Gasteiger charge is -2.14. The summed E-state index contributed by atoms with van der Waals surface area (Å²) in [6.45, 7) is 0.883. The van der Waals surface area contributed by atoms with Crippen LogP contribution in [0.2, 0.25) is 5.02 Å². The third-order valence-corrected chi connectivity index (χ3v) is 2.67. The summed E-state index contributed by atoms with van der Waals surface area (Å²) >= 11 is 5.77. The zero-order valence-electron chi connectivity index (χ0n) is 7.20. The Balaban J connectivity index is 2.20. The molecule has 1 fully saturated rings. The Hall–Kier alpha value is -0.570. The molecule has 2 atom stereocenters. The normalized spacial score (nSPS) is 27.8. The van der Waals surface area contributed by atoms with E-state index < -0.39 is 0 Å². The molecule has 0 amide bonds. The van der Waals surface area contributed by atoms with E-state index in [1.54, 1.807) is 0 Å². The first-order valence-electron chi connectivity index (χ1n) is 4.44. The summed E-state index contributed by atoms with van der Waals surface area (Å²) in [5.41, 5.74) is 1.11. The Labute approximate surface area is 82.5 Å². The largest absolute Gasteiger partial charge is 0.391 e. The lowest BCUT2D eigenvalue weighted by atomic mass is 10.0. The number of aliphatic hydroxyl groups is 1. The van der Waals surface area contributed by atoms with Crippen LogP contribution in [0.5, 0.6) is 0 Å². The summed E-state index contributed by atoms with van der Waals surface area (Å²) < 4.78 is 0. The maximum atomic E-state index is 9.62. The number of hydrogen-bond donors (Lipinski definition) is 2. The molecule has 0 aromatic heterocycles. The van der Waals surface area contributed by atoms with E-state index in [1.807, 2.05) is 24.3 Å². The minimum Gasteiger partial charge on any atom is -0.391 e. The van der Waals surface area contributed by atoms with Crippen LogP contribution in [0.25, 0.3) is 0 Å². The van der Waals surface area contributed by atoms with Crippen LogP contribution in [0.3, 0.4) is 0 Å². The second-order valence-electron chi connectivity index (χ2n) is 3.34. The van der Waals surface area contributed by atoms with Gasteiger partial charge in [0.2, 0.25) is 0 Å². The monoisotopic (exact) mass is 197 g/mol. The van der Waals surface area contributed by atoms with E-state index in [0.29, 0.717) is 0 Å². The molecule has 1 aromatic carbocycles. The predicted octanol–water partition coefficient (Wildman–Crippen LogP) is 1.74. The van der Waals surface area contributed by atoms with Gasteiger partial charge in [-0.3, -0.25) is 0 Å². The van der Waals surface area contributed by atoms with Crippen molar-refractivity contribution < 1.29 is 5.11 Å². The van der Waals surface area contributed by atoms with E-state index in [0.717, 1.165) is 23.6 Å². The molecule has 0 saturated carbocycles. The molecule has 2 N–H and O–H groups in total. The summed E-state index contributed by atoms with van der Waals surface area (Å²) in [5.74, 6) is 0. The highest BCUT2D eigenvalue weighted by Crippen LogP contribution is 2.24. The average molecular weight is 198 g/mol. The summed E-state index contributed by atoms with van der Waals surface area (Å²) in [5, 5.41) is 13.6. The van der Waals surface area contributed by atoms with Crippen LogP contribution in [-0.4, -0.2) is 17.8 Å². The van der Waals surface area contributed by atoms with Crippen LogP contribution < -0.4 is 5.32 Å². The van der Waals surface area contributed by atoms with Gasteiger partial charge in [0, 0.05) is 5.02 Å². The van der Waals surface area contributed by atoms with E-state index in [2.05, 4.69) is 5.32 Å². The molecule has 1 aliphatic heterocycles. The fraction of sp³-hybridized carbons (Fsp3) is 0.400. The molecule has 0 unspecified atom stereocenters. The number of nitrogens with one attached hydrogen (secondary N) is 1. The topological polar surface area (TPSA) is 32.3 Å². The van der Waals surface area contributed by atoms with E-state index in [1.165, 1.54) is 0 Å². The van der Waals surface area contributed by atoms with E-state index in [-0.39, 0.29) is 12.1 Å². The highest BCUT2D eigenvalue weighted by Gasteiger charge is 2.25. The van der Waals surface area contributed by atoms with Gasteiger partial charge in [0.1, 0.15) is 0 Å². The number of halogens is 1. The van der Waals surface area contributed by atoms with Crippen LogP contribution in [0.4, 0.5) is 0 Å². The smallest absolute Gasteiger partial charge is 0.0747 e. The maximum absolute atomic E-state index is 9.62. The van der Waals surface area contributed by atoms with Crippen LogP contribution >= 0.6 is 11.6 Å². The molecule has 1 aliphatic rings. The Bertz CT molecular complexity index is 285. The van der Waals surface area contributed by atoms with Crippen molar-refractivity contribution >= 4 is 11.6 Å². The molecule has 2 nitrogen and oxygen atoms in total. The van der Waals surface area contributed by atoms with Gasteiger partial charge in [-0.25, -0.2) is 0 Å². The Morgan fingerprint density at radius 3 is 2.54 bits per heavy atom. The molecule has 0 spiro atoms. The Kier molecular flexibility index (Phi) is 2.54. The van der Waals surface area contributed by atoms with Gasteiger partial charge in [-0.05, 0) is 30.7 Å². The zero-order valence-corrected chi connectivity index (χ0v) is 7.96. The zero-order chi connectivity index (χ0) is 9.26. The first-order chi connectivity index (χ1) is 6.27. The fourth-order valence-electron chi connectivity index (χ4n) is 1.70. The third kappa shape index (κ3) is 1.85. The summed E-state index contributed by atoms with van der Waals surface area (Å²) in [7, 11) is 0. The van der Waals surface area contributed by atoms with Crippen molar-refractivity contribution in [1.82, 2.24) is 5.32 Å². The second-order valence-corrected chi connectivity index (χ2v) is 3.78. The van der Waals surface area contributed by atoms with Gasteiger partial charge in [-0.15, -0.1) is 0 Å². The lowest BCUT2D eigenvalue weighted by Crippen LogP contribution is -2.20. The standard InChI is InChI=1S/C10H12ClNO/c11-8-3-1-7(2-4-8)10-9(13)5-6-12-10/h1-4,9-10,12-13H,5-6H2/t9-,10-/m0/s1. The van der Waals surface area contributed by atoms with Gasteiger partial charge < -0.3 is 10.4 Å². The van der Waals surface area contributed by atoms with Gasteiger partial charge in [0.15, 0.2) is 0 Å². The minimum absolute atomic E-state index is 0.0808. The Morgan fingerprint density at radius 1 is 1.31 bits per heavy atom. The molecule has 1 saturated heterocycles. The molecule has 70 valence electrons. The molecule has 0 aliphatic carbocycles. The van der Waals surface area contributed by atoms with Gasteiger partial charge in [0.05, 0.1) is 12.1 Å². The number of hydrogen-bond acceptors (Lipinski definition) is 2. The fourth-order valence-corrected chi connectivity index (χ4v) is 1.83. The average Bonchev–Trinajstić information content (AvgIpc) is 2.53. The highest BCUT2D eigenvalue weighted by atomic mass is 35.5. The second kappa shape index (κ2) is 3.66. The number of benzene rings is 1. The van der Waals surface area contributed by atoms with Crippen molar-refractivity contribution in [3.8, 4) is 0 Å². The third-order valence-electron chi connectivity index (χ3n) is 2.42. The summed E-state index contributed by atoms with van der Waals surface area (Å²) in [6.07, 6.45) is 0.564. The summed E-state index contributed by atoms with van der Waals surface area (Å²) in [6, 6.07) is 7.69. The van der Waals surface area contributed by atoms with Crippen molar-refractivity contribution in [1.29, 1.82) is 0 Å². The van der Waals surface area contributed by atoms with E-state index in [9.17, 15) is 5.11 Å². The molecule has 0 bridgehead atoms. The molecule has 0 radical (unpaired) electrons. The van der Waals surface area contributed by atoms with Crippen LogP contribution in [0.1, 0.15) is 18.0 Å². The van der Waals surface area contributed by atoms with Crippen LogP contribution in [0.15, 0.2) is 24.3 Å². The molecular weight excluding hydrogens is 186 g/mol. The van der Waals surface area contributed by atoms with Crippen LogP contribution in [-0.2, 0) is 0 Å². The van der Waals surface area contributed by atoms with Gasteiger partial charge in [-0.2, -0.15) is 0 Å². The molecular formula is C10H12ClNO.